The van der Waals surface area contributed by atoms with Crippen LogP contribution in [0.25, 0.3) is 0 Å². The maximum absolute atomic E-state index is 13.0. The fraction of sp³-hybridized carbons (Fsp3) is 0.261. The van der Waals surface area contributed by atoms with Crippen LogP contribution < -0.4 is 10.6 Å². The van der Waals surface area contributed by atoms with E-state index in [1.807, 2.05) is 30.3 Å². The zero-order valence-electron chi connectivity index (χ0n) is 17.3. The van der Waals surface area contributed by atoms with Crippen molar-refractivity contribution < 1.29 is 17.6 Å². The molecular weight excluding hydrogens is 450 g/mol. The number of carbonyl (C=O) groups excluding carboxylic acids is 1. The topological polar surface area (TPSA) is 91.7 Å². The second-order valence-electron chi connectivity index (χ2n) is 7.60. The number of hydrogen-bond donors (Lipinski definition) is 2. The van der Waals surface area contributed by atoms with Gasteiger partial charge in [-0.15, -0.1) is 0 Å². The summed E-state index contributed by atoms with van der Waals surface area (Å²) in [7, 11) is -3.72. The number of piperidine rings is 1. The average molecular weight is 474 g/mol. The van der Waals surface area contributed by atoms with Crippen molar-refractivity contribution in [1.29, 1.82) is 0 Å². The molecule has 4 rings (SSSR count). The van der Waals surface area contributed by atoms with Crippen LogP contribution in [0.5, 0.6) is 0 Å². The van der Waals surface area contributed by atoms with Crippen LogP contribution >= 0.6 is 11.6 Å². The van der Waals surface area contributed by atoms with Crippen molar-refractivity contribution in [3.8, 4) is 0 Å². The summed E-state index contributed by atoms with van der Waals surface area (Å²) in [4.78, 5) is 12.2. The molecule has 1 saturated heterocycles. The predicted molar refractivity (Wildman–Crippen MR) is 123 cm³/mol. The molecule has 168 valence electrons. The third kappa shape index (κ3) is 5.32. The van der Waals surface area contributed by atoms with Gasteiger partial charge in [0.1, 0.15) is 5.76 Å². The summed E-state index contributed by atoms with van der Waals surface area (Å²) in [6, 6.07) is 19.6. The Balaban J connectivity index is 1.32. The number of amides is 1. The van der Waals surface area contributed by atoms with Crippen LogP contribution in [0.1, 0.15) is 29.0 Å². The van der Waals surface area contributed by atoms with Crippen molar-refractivity contribution in [2.75, 3.05) is 18.4 Å². The Morgan fingerprint density at radius 1 is 1.00 bits per heavy atom. The number of nitrogens with zero attached hydrogens (tertiary/aromatic N) is 1. The highest BCUT2D eigenvalue weighted by Gasteiger charge is 2.31. The lowest BCUT2D eigenvalue weighted by molar-refractivity contribution is 0.0947. The Morgan fingerprint density at radius 3 is 2.38 bits per heavy atom. The quantitative estimate of drug-likeness (QED) is 0.538. The summed E-state index contributed by atoms with van der Waals surface area (Å²) in [5, 5.41) is 6.60. The molecule has 1 fully saturated rings. The van der Waals surface area contributed by atoms with E-state index in [1.54, 1.807) is 30.3 Å². The van der Waals surface area contributed by atoms with E-state index in [1.165, 1.54) is 10.4 Å². The maximum Gasteiger partial charge on any atom is 0.276 e. The number of halogens is 1. The highest BCUT2D eigenvalue weighted by Crippen LogP contribution is 2.24. The number of para-hydroxylation sites is 1. The molecule has 1 aliphatic rings. The first-order valence-corrected chi connectivity index (χ1v) is 12.2. The van der Waals surface area contributed by atoms with E-state index >= 15 is 0 Å². The second kappa shape index (κ2) is 9.77. The van der Waals surface area contributed by atoms with Crippen LogP contribution in [0.2, 0.25) is 5.02 Å². The van der Waals surface area contributed by atoms with Gasteiger partial charge in [0.05, 0.1) is 6.54 Å². The summed E-state index contributed by atoms with van der Waals surface area (Å²) in [5.74, 6) is 0.0713. The number of rotatable bonds is 7. The van der Waals surface area contributed by atoms with Crippen molar-refractivity contribution in [2.24, 2.45) is 0 Å². The molecule has 0 unspecified atom stereocenters. The van der Waals surface area contributed by atoms with E-state index in [0.717, 1.165) is 5.69 Å². The van der Waals surface area contributed by atoms with Gasteiger partial charge in [-0.2, -0.15) is 4.31 Å². The van der Waals surface area contributed by atoms with Crippen molar-refractivity contribution >= 4 is 33.2 Å². The van der Waals surface area contributed by atoms with Crippen LogP contribution in [0.15, 0.2) is 76.2 Å². The van der Waals surface area contributed by atoms with Gasteiger partial charge in [-0.1, -0.05) is 29.8 Å². The molecule has 0 spiro atoms. The molecule has 2 heterocycles. The summed E-state index contributed by atoms with van der Waals surface area (Å²) in [5.41, 5.74) is 1.49. The normalized spacial score (nSPS) is 15.4. The van der Waals surface area contributed by atoms with Gasteiger partial charge in [-0.05, 0) is 61.4 Å². The Labute approximate surface area is 192 Å². The Morgan fingerprint density at radius 2 is 1.69 bits per heavy atom. The van der Waals surface area contributed by atoms with Crippen molar-refractivity contribution in [2.45, 2.75) is 30.5 Å². The minimum absolute atomic E-state index is 0.0834. The number of benzene rings is 2. The van der Waals surface area contributed by atoms with Gasteiger partial charge in [-0.25, -0.2) is 8.42 Å². The van der Waals surface area contributed by atoms with Crippen LogP contribution in [-0.2, 0) is 16.6 Å². The monoisotopic (exact) mass is 473 g/mol. The van der Waals surface area contributed by atoms with E-state index < -0.39 is 10.0 Å². The molecule has 1 aliphatic heterocycles. The summed E-state index contributed by atoms with van der Waals surface area (Å²) < 4.78 is 32.9. The van der Waals surface area contributed by atoms with E-state index in [9.17, 15) is 13.2 Å². The number of anilines is 1. The molecule has 1 aromatic heterocycles. The van der Waals surface area contributed by atoms with Crippen LogP contribution in [0.4, 0.5) is 5.69 Å². The fourth-order valence-electron chi connectivity index (χ4n) is 3.60. The lowest BCUT2D eigenvalue weighted by atomic mass is 10.1. The Bertz CT molecular complexity index is 1160. The third-order valence-electron chi connectivity index (χ3n) is 5.36. The number of sulfonamides is 1. The molecule has 0 saturated carbocycles. The minimum Gasteiger partial charge on any atom is -0.446 e. The van der Waals surface area contributed by atoms with Crippen molar-refractivity contribution in [3.05, 3.63) is 83.1 Å². The molecule has 0 atom stereocenters. The SMILES string of the molecule is O=C(NCc1ccc(S(=O)(=O)N2CCC(Nc3ccccc3)CC2)o1)c1ccc(Cl)cc1. The highest BCUT2D eigenvalue weighted by atomic mass is 35.5. The van der Waals surface area contributed by atoms with Crippen LogP contribution in [0.3, 0.4) is 0 Å². The van der Waals surface area contributed by atoms with Gasteiger partial charge < -0.3 is 15.1 Å². The van der Waals surface area contributed by atoms with Crippen molar-refractivity contribution in [1.82, 2.24) is 9.62 Å². The molecule has 0 aliphatic carbocycles. The molecule has 2 N–H and O–H groups in total. The summed E-state index contributed by atoms with van der Waals surface area (Å²) in [6.45, 7) is 0.909. The van der Waals surface area contributed by atoms with E-state index in [0.29, 0.717) is 42.3 Å². The molecule has 2 aromatic carbocycles. The van der Waals surface area contributed by atoms with Gasteiger partial charge in [-0.3, -0.25) is 4.79 Å². The number of furan rings is 1. The predicted octanol–water partition coefficient (Wildman–Crippen LogP) is 4.13. The smallest absolute Gasteiger partial charge is 0.276 e. The Kier molecular flexibility index (Phi) is 6.83. The maximum atomic E-state index is 13.0. The first-order chi connectivity index (χ1) is 15.4. The zero-order chi connectivity index (χ0) is 22.6. The molecule has 32 heavy (non-hydrogen) atoms. The standard InChI is InChI=1S/C23H24ClN3O4S/c24-18-8-6-17(7-9-18)23(28)25-16-21-10-11-22(31-21)32(29,30)27-14-12-20(13-15-27)26-19-4-2-1-3-5-19/h1-11,20,26H,12-16H2,(H,25,28). The number of hydrogen-bond acceptors (Lipinski definition) is 5. The van der Waals surface area contributed by atoms with E-state index in [4.69, 9.17) is 16.0 Å². The van der Waals surface area contributed by atoms with E-state index in [-0.39, 0.29) is 23.6 Å². The van der Waals surface area contributed by atoms with Gasteiger partial charge >= 0.3 is 0 Å². The second-order valence-corrected chi connectivity index (χ2v) is 9.90. The lowest BCUT2D eigenvalue weighted by Gasteiger charge is -2.31. The van der Waals surface area contributed by atoms with Crippen molar-refractivity contribution in [3.63, 3.8) is 0 Å². The molecule has 0 bridgehead atoms. The molecular formula is C23H24ClN3O4S. The fourth-order valence-corrected chi connectivity index (χ4v) is 5.12. The molecule has 1 amide bonds. The zero-order valence-corrected chi connectivity index (χ0v) is 18.9. The highest BCUT2D eigenvalue weighted by molar-refractivity contribution is 7.89. The van der Waals surface area contributed by atoms with Gasteiger partial charge in [0.25, 0.3) is 15.9 Å². The molecule has 7 nitrogen and oxygen atoms in total. The summed E-state index contributed by atoms with van der Waals surface area (Å²) in [6.07, 6.45) is 1.41. The third-order valence-corrected chi connectivity index (χ3v) is 7.38. The van der Waals surface area contributed by atoms with Crippen LogP contribution in [0, 0.1) is 0 Å². The number of carbonyl (C=O) groups is 1. The van der Waals surface area contributed by atoms with Gasteiger partial charge in [0, 0.05) is 35.4 Å². The lowest BCUT2D eigenvalue weighted by Crippen LogP contribution is -2.42. The number of nitrogens with one attached hydrogen (secondary N) is 2. The first kappa shape index (κ1) is 22.4. The molecule has 9 heteroatoms. The largest absolute Gasteiger partial charge is 0.446 e. The molecule has 0 radical (unpaired) electrons. The van der Waals surface area contributed by atoms with Gasteiger partial charge in [0.15, 0.2) is 0 Å². The summed E-state index contributed by atoms with van der Waals surface area (Å²) >= 11 is 5.83. The van der Waals surface area contributed by atoms with Crippen LogP contribution in [-0.4, -0.2) is 37.8 Å². The van der Waals surface area contributed by atoms with Gasteiger partial charge in [0.2, 0.25) is 5.09 Å². The van der Waals surface area contributed by atoms with E-state index in [2.05, 4.69) is 10.6 Å². The minimum atomic E-state index is -3.72. The first-order valence-electron chi connectivity index (χ1n) is 10.4. The average Bonchev–Trinajstić information content (AvgIpc) is 3.29. The molecule has 3 aromatic rings. The Hall–Kier alpha value is -2.81.